The molecule has 0 aromatic rings. The molecule has 0 aromatic heterocycles. The normalized spacial score (nSPS) is 24.1. The van der Waals surface area contributed by atoms with Crippen LogP contribution in [0.3, 0.4) is 0 Å². The van der Waals surface area contributed by atoms with E-state index in [1.54, 1.807) is 6.92 Å². The average molecular weight is 258 g/mol. The number of carboxylic acid groups (broad SMARTS) is 1. The zero-order valence-electron chi connectivity index (χ0n) is 8.36. The largest absolute Gasteiger partial charge is 0.477 e. The van der Waals surface area contributed by atoms with E-state index in [9.17, 15) is 9.59 Å². The van der Waals surface area contributed by atoms with Crippen LogP contribution in [0.5, 0.6) is 0 Å². The summed E-state index contributed by atoms with van der Waals surface area (Å²) >= 11 is 6.79. The molecule has 0 radical (unpaired) electrons. The summed E-state index contributed by atoms with van der Waals surface area (Å²) in [4.78, 5) is 26.3. The molecule has 0 fully saturated rings. The van der Waals surface area contributed by atoms with Crippen molar-refractivity contribution in [2.75, 3.05) is 5.88 Å². The fourth-order valence-corrected chi connectivity index (χ4v) is 3.18. The Morgan fingerprint density at radius 1 is 1.69 bits per heavy atom. The zero-order chi connectivity index (χ0) is 11.9. The van der Waals surface area contributed by atoms with Gasteiger partial charge in [0.1, 0.15) is 0 Å². The lowest BCUT2D eigenvalue weighted by atomic mass is 9.91. The summed E-state index contributed by atoms with van der Waals surface area (Å²) in [5.74, 6) is -1.36. The van der Waals surface area contributed by atoms with Gasteiger partial charge in [-0.25, -0.2) is 9.79 Å². The van der Waals surface area contributed by atoms with Gasteiger partial charge in [0.2, 0.25) is 0 Å². The Morgan fingerprint density at radius 3 is 2.94 bits per heavy atom. The molecule has 2 heterocycles. The number of thioether (sulfide) groups is 1. The van der Waals surface area contributed by atoms with E-state index in [2.05, 4.69) is 4.99 Å². The van der Waals surface area contributed by atoms with Gasteiger partial charge in [0, 0.05) is 12.0 Å². The number of amides is 1. The first-order chi connectivity index (χ1) is 7.54. The lowest BCUT2D eigenvalue weighted by Crippen LogP contribution is -2.19. The summed E-state index contributed by atoms with van der Waals surface area (Å²) in [6.07, 6.45) is 1.38. The molecule has 1 unspecified atom stereocenters. The van der Waals surface area contributed by atoms with Crippen molar-refractivity contribution in [1.82, 2.24) is 0 Å². The summed E-state index contributed by atoms with van der Waals surface area (Å²) in [5.41, 5.74) is 1.42. The highest BCUT2D eigenvalue weighted by atomic mass is 35.5. The third-order valence-corrected chi connectivity index (χ3v) is 4.04. The summed E-state index contributed by atoms with van der Waals surface area (Å²) in [6, 6.07) is 0. The number of alkyl halides is 1. The maximum atomic E-state index is 11.3. The number of carboxylic acids is 1. The fraction of sp³-hybridized carbons (Fsp3) is 0.300. The minimum atomic E-state index is -0.985. The first-order valence-corrected chi connectivity index (χ1v) is 5.90. The van der Waals surface area contributed by atoms with E-state index >= 15 is 0 Å². The molecule has 1 atom stereocenters. The molecule has 2 rings (SSSR count). The second-order valence-corrected chi connectivity index (χ2v) is 4.79. The lowest BCUT2D eigenvalue weighted by Gasteiger charge is -2.17. The van der Waals surface area contributed by atoms with E-state index in [4.69, 9.17) is 16.7 Å². The second kappa shape index (κ2) is 4.07. The SMILES string of the molecule is CC1=C(C(=O)O)SC2=NC(=O)C=C(CCl)C21. The number of dihydropyridines is 1. The van der Waals surface area contributed by atoms with Crippen LogP contribution in [0.2, 0.25) is 0 Å². The van der Waals surface area contributed by atoms with Crippen LogP contribution < -0.4 is 0 Å². The van der Waals surface area contributed by atoms with Crippen molar-refractivity contribution in [1.29, 1.82) is 0 Å². The van der Waals surface area contributed by atoms with Crippen molar-refractivity contribution in [2.24, 2.45) is 10.9 Å². The van der Waals surface area contributed by atoms with Gasteiger partial charge in [0.05, 0.1) is 15.9 Å². The van der Waals surface area contributed by atoms with E-state index < -0.39 is 5.97 Å². The molecule has 4 nitrogen and oxygen atoms in total. The maximum Gasteiger partial charge on any atom is 0.342 e. The van der Waals surface area contributed by atoms with Crippen LogP contribution in [-0.4, -0.2) is 27.9 Å². The highest BCUT2D eigenvalue weighted by Crippen LogP contribution is 2.43. The molecule has 0 aromatic carbocycles. The van der Waals surface area contributed by atoms with Gasteiger partial charge in [-0.1, -0.05) is 11.8 Å². The molecule has 2 aliphatic heterocycles. The molecule has 2 aliphatic rings. The Labute approximate surface area is 101 Å². The number of halogens is 1. The molecule has 1 amide bonds. The number of aliphatic imine (C=N–C) groups is 1. The fourth-order valence-electron chi connectivity index (χ4n) is 1.80. The molecule has 6 heteroatoms. The third-order valence-electron chi connectivity index (χ3n) is 2.49. The summed E-state index contributed by atoms with van der Waals surface area (Å²) in [5, 5.41) is 9.51. The van der Waals surface area contributed by atoms with E-state index in [1.165, 1.54) is 6.08 Å². The van der Waals surface area contributed by atoms with Crippen molar-refractivity contribution >= 4 is 40.3 Å². The maximum absolute atomic E-state index is 11.3. The predicted molar refractivity (Wildman–Crippen MR) is 62.7 cm³/mol. The Hall–Kier alpha value is -1.07. The van der Waals surface area contributed by atoms with E-state index in [0.717, 1.165) is 17.3 Å². The first-order valence-electron chi connectivity index (χ1n) is 4.55. The van der Waals surface area contributed by atoms with E-state index in [-0.39, 0.29) is 22.6 Å². The molecule has 84 valence electrons. The molecular formula is C10H8ClNO3S. The Kier molecular flexibility index (Phi) is 2.90. The molecule has 0 aliphatic carbocycles. The van der Waals surface area contributed by atoms with Crippen LogP contribution in [0.1, 0.15) is 6.92 Å². The number of rotatable bonds is 2. The standard InChI is InChI=1S/C10H8ClNO3S/c1-4-7-5(3-11)2-6(13)12-9(7)16-8(4)10(14)15/h2,7H,3H2,1H3,(H,14,15). The zero-order valence-corrected chi connectivity index (χ0v) is 9.93. The number of fused-ring (bicyclic) bond motifs is 1. The van der Waals surface area contributed by atoms with Crippen molar-refractivity contribution in [3.63, 3.8) is 0 Å². The van der Waals surface area contributed by atoms with Crippen molar-refractivity contribution in [3.8, 4) is 0 Å². The first kappa shape index (κ1) is 11.4. The van der Waals surface area contributed by atoms with Gasteiger partial charge >= 0.3 is 5.97 Å². The number of hydrogen-bond acceptors (Lipinski definition) is 3. The van der Waals surface area contributed by atoms with Gasteiger partial charge in [0.25, 0.3) is 5.91 Å². The number of nitrogens with zero attached hydrogens (tertiary/aromatic N) is 1. The lowest BCUT2D eigenvalue weighted by molar-refractivity contribution is -0.131. The van der Waals surface area contributed by atoms with Crippen LogP contribution in [0.15, 0.2) is 27.1 Å². The van der Waals surface area contributed by atoms with Crippen molar-refractivity contribution < 1.29 is 14.7 Å². The van der Waals surface area contributed by atoms with Gasteiger partial charge in [-0.15, -0.1) is 11.6 Å². The van der Waals surface area contributed by atoms with Crippen LogP contribution in [0.25, 0.3) is 0 Å². The van der Waals surface area contributed by atoms with E-state index in [0.29, 0.717) is 10.6 Å². The molecular weight excluding hydrogens is 250 g/mol. The average Bonchev–Trinajstić information content (AvgIpc) is 2.55. The number of carbonyl (C=O) groups excluding carboxylic acids is 1. The van der Waals surface area contributed by atoms with Gasteiger partial charge in [0.15, 0.2) is 0 Å². The molecule has 1 N–H and O–H groups in total. The Morgan fingerprint density at radius 2 is 2.38 bits per heavy atom. The molecule has 0 bridgehead atoms. The highest BCUT2D eigenvalue weighted by Gasteiger charge is 2.37. The molecule has 16 heavy (non-hydrogen) atoms. The number of aliphatic carboxylic acids is 1. The Bertz CT molecular complexity index is 478. The summed E-state index contributed by atoms with van der Waals surface area (Å²) in [7, 11) is 0. The monoisotopic (exact) mass is 257 g/mol. The van der Waals surface area contributed by atoms with Crippen LogP contribution in [0.4, 0.5) is 0 Å². The number of allylic oxidation sites excluding steroid dienone is 2. The minimum Gasteiger partial charge on any atom is -0.477 e. The number of hydrogen-bond donors (Lipinski definition) is 1. The quantitative estimate of drug-likeness (QED) is 0.766. The van der Waals surface area contributed by atoms with Crippen LogP contribution in [-0.2, 0) is 9.59 Å². The van der Waals surface area contributed by atoms with Gasteiger partial charge < -0.3 is 5.11 Å². The summed E-state index contributed by atoms with van der Waals surface area (Å²) in [6.45, 7) is 1.74. The smallest absolute Gasteiger partial charge is 0.342 e. The molecule has 0 saturated carbocycles. The van der Waals surface area contributed by atoms with Gasteiger partial charge in [-0.05, 0) is 18.1 Å². The topological polar surface area (TPSA) is 66.7 Å². The van der Waals surface area contributed by atoms with Crippen molar-refractivity contribution in [2.45, 2.75) is 6.92 Å². The van der Waals surface area contributed by atoms with Crippen LogP contribution >= 0.6 is 23.4 Å². The minimum absolute atomic E-state index is 0.209. The molecule has 0 saturated heterocycles. The van der Waals surface area contributed by atoms with Crippen LogP contribution in [0, 0.1) is 5.92 Å². The second-order valence-electron chi connectivity index (χ2n) is 3.49. The third kappa shape index (κ3) is 1.70. The predicted octanol–water partition coefficient (Wildman–Crippen LogP) is 1.81. The highest BCUT2D eigenvalue weighted by molar-refractivity contribution is 8.18. The molecule has 0 spiro atoms. The van der Waals surface area contributed by atoms with Gasteiger partial charge in [-0.2, -0.15) is 0 Å². The van der Waals surface area contributed by atoms with E-state index in [1.807, 2.05) is 0 Å². The summed E-state index contributed by atoms with van der Waals surface area (Å²) < 4.78 is 0. The van der Waals surface area contributed by atoms with Gasteiger partial charge in [-0.3, -0.25) is 4.79 Å². The Balaban J connectivity index is 2.47. The number of carbonyl (C=O) groups is 2. The van der Waals surface area contributed by atoms with Crippen molar-refractivity contribution in [3.05, 3.63) is 22.1 Å².